The third-order valence-corrected chi connectivity index (χ3v) is 16.5. The fourth-order valence-corrected chi connectivity index (χ4v) is 13.6. The van der Waals surface area contributed by atoms with Gasteiger partial charge in [-0.3, -0.25) is 0 Å². The summed E-state index contributed by atoms with van der Waals surface area (Å²) in [7, 11) is 0. The van der Waals surface area contributed by atoms with E-state index in [4.69, 9.17) is 0 Å². The largest absolute Gasteiger partial charge is 0.337 e. The molecule has 1 saturated heterocycles. The molecule has 70 heavy (non-hydrogen) atoms. The highest BCUT2D eigenvalue weighted by atomic mass is 15.3. The Morgan fingerprint density at radius 3 is 2.19 bits per heavy atom. The van der Waals surface area contributed by atoms with Gasteiger partial charge in [0, 0.05) is 60.8 Å². The van der Waals surface area contributed by atoms with Gasteiger partial charge in [0.15, 0.2) is 0 Å². The average Bonchev–Trinajstić information content (AvgIpc) is 4.16. The summed E-state index contributed by atoms with van der Waals surface area (Å²) in [5, 5.41) is 6.73. The van der Waals surface area contributed by atoms with E-state index in [-0.39, 0.29) is 18.0 Å². The van der Waals surface area contributed by atoms with E-state index in [9.17, 15) is 0 Å². The minimum Gasteiger partial charge on any atom is -0.337 e. The molecule has 338 valence electrons. The Hall–Kier alpha value is -7.82. The van der Waals surface area contributed by atoms with Gasteiger partial charge < -0.3 is 19.1 Å². The number of fused-ring (bicyclic) bond motifs is 12. The summed E-state index contributed by atoms with van der Waals surface area (Å²) in [5.74, 6) is 0.225. The molecule has 0 spiro atoms. The van der Waals surface area contributed by atoms with E-state index in [1.54, 1.807) is 0 Å². The maximum absolute atomic E-state index is 2.76. The number of hydrogen-bond donors (Lipinski definition) is 0. The van der Waals surface area contributed by atoms with Crippen molar-refractivity contribution in [1.82, 2.24) is 9.30 Å². The molecule has 0 amide bonds. The van der Waals surface area contributed by atoms with Gasteiger partial charge in [0.2, 0.25) is 0 Å². The first-order chi connectivity index (χ1) is 34.8. The van der Waals surface area contributed by atoms with Crippen LogP contribution >= 0.6 is 0 Å². The van der Waals surface area contributed by atoms with Crippen molar-refractivity contribution in [2.75, 3.05) is 9.80 Å². The molecule has 2 aliphatic heterocycles. The quantitative estimate of drug-likeness (QED) is 0.151. The Morgan fingerprint density at radius 2 is 1.36 bits per heavy atom. The molecule has 4 nitrogen and oxygen atoms in total. The molecule has 0 radical (unpaired) electrons. The van der Waals surface area contributed by atoms with E-state index in [1.165, 1.54) is 117 Å². The zero-order valence-corrected chi connectivity index (χ0v) is 39.4. The van der Waals surface area contributed by atoms with E-state index in [1.807, 2.05) is 0 Å². The second-order valence-electron chi connectivity index (χ2n) is 20.3. The van der Waals surface area contributed by atoms with Gasteiger partial charge in [0.05, 0.1) is 40.4 Å². The zero-order chi connectivity index (χ0) is 45.9. The van der Waals surface area contributed by atoms with E-state index in [0.717, 1.165) is 57.8 Å². The maximum atomic E-state index is 2.76. The monoisotopic (exact) mass is 902 g/mol. The molecule has 7 aromatic rings. The smallest absolute Gasteiger partial charge is 0.0722 e. The van der Waals surface area contributed by atoms with Gasteiger partial charge in [0.1, 0.15) is 0 Å². The number of allylic oxidation sites excluding steroid dienone is 13. The number of rotatable bonds is 8. The van der Waals surface area contributed by atoms with Crippen LogP contribution in [0.15, 0.2) is 217 Å². The van der Waals surface area contributed by atoms with Gasteiger partial charge in [-0.05, 0) is 140 Å². The van der Waals surface area contributed by atoms with Crippen molar-refractivity contribution in [3.8, 4) is 0 Å². The first-order valence-electron chi connectivity index (χ1n) is 25.9. The summed E-state index contributed by atoms with van der Waals surface area (Å²) in [5.41, 5.74) is 21.6. The van der Waals surface area contributed by atoms with Crippen molar-refractivity contribution >= 4 is 73.1 Å². The molecule has 6 aliphatic carbocycles. The molecule has 0 saturated carbocycles. The molecule has 8 aliphatic rings. The minimum absolute atomic E-state index is 0.206. The molecule has 1 fully saturated rings. The molecular formula is C66H54N4. The van der Waals surface area contributed by atoms with Gasteiger partial charge in [-0.2, -0.15) is 0 Å². The number of anilines is 3. The molecule has 2 unspecified atom stereocenters. The predicted octanol–water partition coefficient (Wildman–Crippen LogP) is 14.6. The summed E-state index contributed by atoms with van der Waals surface area (Å²) in [4.78, 5) is 8.02. The SMILES string of the molecule is C1=CC(N(C2=CCCC=C2)C2=CC=C3c4cc5c(cc4N4C6=CCCC=C6[C@@H]2C34)c2ccc(N(C3=CCCC(c4ccccc4)=C3)c3ccccc3)c3c4c(n5c32)=CCCC=4)CC(c2ccccc2)=C1. The van der Waals surface area contributed by atoms with E-state index in [0.29, 0.717) is 0 Å². The van der Waals surface area contributed by atoms with Crippen molar-refractivity contribution in [3.05, 3.63) is 244 Å². The van der Waals surface area contributed by atoms with Crippen molar-refractivity contribution in [2.45, 2.75) is 69.9 Å². The summed E-state index contributed by atoms with van der Waals surface area (Å²) < 4.78 is 2.64. The third kappa shape index (κ3) is 5.95. The second kappa shape index (κ2) is 15.9. The Kier molecular flexibility index (Phi) is 9.09. The Morgan fingerprint density at radius 1 is 0.600 bits per heavy atom. The molecule has 0 N–H and O–H groups in total. The number of benzene rings is 5. The topological polar surface area (TPSA) is 14.1 Å². The molecule has 5 aromatic carbocycles. The zero-order valence-electron chi connectivity index (χ0n) is 39.4. The van der Waals surface area contributed by atoms with Gasteiger partial charge >= 0.3 is 0 Å². The first kappa shape index (κ1) is 40.1. The Bertz CT molecular complexity index is 3810. The highest BCUT2D eigenvalue weighted by Crippen LogP contribution is 2.60. The maximum Gasteiger partial charge on any atom is 0.0722 e. The van der Waals surface area contributed by atoms with Crippen LogP contribution in [0, 0.1) is 5.92 Å². The average molecular weight is 903 g/mol. The molecule has 4 heterocycles. The highest BCUT2D eigenvalue weighted by Gasteiger charge is 2.53. The lowest BCUT2D eigenvalue weighted by Crippen LogP contribution is -2.40. The summed E-state index contributed by atoms with van der Waals surface area (Å²) >= 11 is 0. The van der Waals surface area contributed by atoms with E-state index in [2.05, 4.69) is 219 Å². The summed E-state index contributed by atoms with van der Waals surface area (Å²) in [6.07, 6.45) is 43.9. The summed E-state index contributed by atoms with van der Waals surface area (Å²) in [6.45, 7) is 0. The van der Waals surface area contributed by atoms with Crippen molar-refractivity contribution in [1.29, 1.82) is 0 Å². The number of nitrogens with zero attached hydrogens (tertiary/aromatic N) is 4. The highest BCUT2D eigenvalue weighted by molar-refractivity contribution is 6.20. The van der Waals surface area contributed by atoms with Gasteiger partial charge in [-0.25, -0.2) is 0 Å². The Balaban J connectivity index is 0.913. The van der Waals surface area contributed by atoms with Crippen LogP contribution in [0.1, 0.15) is 74.5 Å². The van der Waals surface area contributed by atoms with Gasteiger partial charge in [-0.15, -0.1) is 0 Å². The lowest BCUT2D eigenvalue weighted by molar-refractivity contribution is 0.335. The lowest BCUT2D eigenvalue weighted by Gasteiger charge is -2.42. The fraction of sp³-hybridized carbons (Fsp3) is 0.182. The third-order valence-electron chi connectivity index (χ3n) is 16.5. The van der Waals surface area contributed by atoms with Crippen LogP contribution in [0.2, 0.25) is 0 Å². The van der Waals surface area contributed by atoms with Crippen LogP contribution in [0.5, 0.6) is 0 Å². The Labute approximate surface area is 409 Å². The molecule has 2 aromatic heterocycles. The molecule has 3 atom stereocenters. The van der Waals surface area contributed by atoms with Crippen LogP contribution in [-0.4, -0.2) is 21.4 Å². The second-order valence-corrected chi connectivity index (χ2v) is 20.3. The van der Waals surface area contributed by atoms with Gasteiger partial charge in [0.25, 0.3) is 0 Å². The molecule has 4 heteroatoms. The number of hydrogen-bond acceptors (Lipinski definition) is 3. The molecule has 15 rings (SSSR count). The van der Waals surface area contributed by atoms with Crippen LogP contribution in [0.3, 0.4) is 0 Å². The van der Waals surface area contributed by atoms with Crippen molar-refractivity contribution in [3.63, 3.8) is 0 Å². The normalized spacial score (nSPS) is 21.8. The predicted molar refractivity (Wildman–Crippen MR) is 293 cm³/mol. The van der Waals surface area contributed by atoms with Crippen molar-refractivity contribution in [2.24, 2.45) is 5.92 Å². The van der Waals surface area contributed by atoms with Crippen LogP contribution in [0.25, 0.3) is 56.1 Å². The number of para-hydroxylation sites is 1. The number of aromatic nitrogens is 1. The first-order valence-corrected chi connectivity index (χ1v) is 25.9. The van der Waals surface area contributed by atoms with Crippen LogP contribution in [0.4, 0.5) is 17.1 Å². The van der Waals surface area contributed by atoms with E-state index >= 15 is 0 Å². The van der Waals surface area contributed by atoms with Crippen LogP contribution in [-0.2, 0) is 0 Å². The van der Waals surface area contributed by atoms with Gasteiger partial charge in [-0.1, -0.05) is 152 Å². The standard InChI is InChI=1S/C66H54N4/c1-5-19-43(20-6-1)45-23-17-29-49(39-45)67(47-25-9-3-10-26-47)59-37-35-51-55-41-62-56(42-61(55)69-57-33-15-13-31-53(57)63(59)65(51)69)52-36-38-60(64-54-32-14-16-34-58(54)70(62)66(52)64)68(48-27-11-4-12-28-48)50-30-18-24-46(40-50)44-21-7-2-8-22-44/h1-3,5-11,18-22,24-39,41-42,50,64,66H,4,12-17,23,40H2/t50?,64-,66?/m0/s1. The van der Waals surface area contributed by atoms with Crippen LogP contribution < -0.4 is 20.4 Å². The summed E-state index contributed by atoms with van der Waals surface area (Å²) in [6, 6.07) is 43.4. The fourth-order valence-electron chi connectivity index (χ4n) is 13.6. The van der Waals surface area contributed by atoms with Crippen molar-refractivity contribution < 1.29 is 0 Å². The minimum atomic E-state index is 0.206. The van der Waals surface area contributed by atoms with E-state index < -0.39 is 0 Å². The molecule has 0 bridgehead atoms. The molecular weight excluding hydrogens is 849 g/mol. The lowest BCUT2D eigenvalue weighted by atomic mass is 9.79.